The Hall–Kier alpha value is -2.61. The van der Waals surface area contributed by atoms with E-state index in [1.807, 2.05) is 17.9 Å². The second-order valence-electron chi connectivity index (χ2n) is 9.48. The molecule has 184 valence electrons. The molecule has 0 spiro atoms. The molecule has 9 heteroatoms. The molecule has 7 nitrogen and oxygen atoms in total. The van der Waals surface area contributed by atoms with Crippen LogP contribution in [0.5, 0.6) is 0 Å². The molecule has 2 N–H and O–H groups in total. The van der Waals surface area contributed by atoms with Crippen molar-refractivity contribution in [2.24, 2.45) is 0 Å². The summed E-state index contributed by atoms with van der Waals surface area (Å²) < 4.78 is 0. The summed E-state index contributed by atoms with van der Waals surface area (Å²) >= 11 is 12.6. The Balaban J connectivity index is 1.26. The van der Waals surface area contributed by atoms with Crippen LogP contribution in [0.2, 0.25) is 10.0 Å². The van der Waals surface area contributed by atoms with E-state index in [-0.39, 0.29) is 23.9 Å². The van der Waals surface area contributed by atoms with Crippen molar-refractivity contribution in [2.45, 2.75) is 44.7 Å². The van der Waals surface area contributed by atoms with E-state index in [0.29, 0.717) is 27.0 Å². The Bertz CT molecular complexity index is 1250. The largest absolute Gasteiger partial charge is 0.342 e. The Morgan fingerprint density at radius 2 is 1.91 bits per heavy atom. The molecule has 2 fully saturated rings. The molecule has 0 saturated carbocycles. The molecule has 2 aromatic carbocycles. The maximum atomic E-state index is 13.3. The third-order valence-electron chi connectivity index (χ3n) is 6.99. The molecule has 2 aliphatic heterocycles. The summed E-state index contributed by atoms with van der Waals surface area (Å²) in [5.41, 5.74) is 2.43. The first-order valence-corrected chi connectivity index (χ1v) is 12.9. The van der Waals surface area contributed by atoms with Crippen LogP contribution in [0.4, 0.5) is 0 Å². The molecule has 0 radical (unpaired) electrons. The molecule has 2 saturated heterocycles. The maximum Gasteiger partial charge on any atom is 0.255 e. The number of halogens is 2. The number of amides is 2. The minimum absolute atomic E-state index is 0.0574. The number of aromatic nitrogens is 2. The van der Waals surface area contributed by atoms with E-state index >= 15 is 0 Å². The summed E-state index contributed by atoms with van der Waals surface area (Å²) in [5.74, 6) is 0.287. The van der Waals surface area contributed by atoms with Crippen molar-refractivity contribution < 1.29 is 9.59 Å². The van der Waals surface area contributed by atoms with E-state index in [4.69, 9.17) is 23.2 Å². The molecule has 0 unspecified atom stereocenters. The standard InChI is InChI=1S/C26H29Cl2N5O2/c1-16(24-30-22-9-7-18(27)14-23(22)31-24)29-25(34)17-6-8-20(21(28)13-17)26(35)33-12-4-5-19(33)15-32-10-2-3-11-32/h6-9,13-14,16,19H,2-5,10-12,15H2,1H3,(H,29,34)(H,30,31)/t16-,19+/m0/s1. The Morgan fingerprint density at radius 3 is 2.69 bits per heavy atom. The highest BCUT2D eigenvalue weighted by Gasteiger charge is 2.32. The SMILES string of the molecule is C[C@H](NC(=O)c1ccc(C(=O)N2CCC[C@@H]2CN2CCCC2)c(Cl)c1)c1nc2cc(Cl)ccc2[nH]1. The van der Waals surface area contributed by atoms with Crippen LogP contribution < -0.4 is 5.32 Å². The maximum absolute atomic E-state index is 13.3. The second-order valence-corrected chi connectivity index (χ2v) is 10.3. The van der Waals surface area contributed by atoms with Gasteiger partial charge in [0, 0.05) is 29.7 Å². The zero-order chi connectivity index (χ0) is 24.5. The fourth-order valence-corrected chi connectivity index (χ4v) is 5.52. The third-order valence-corrected chi connectivity index (χ3v) is 7.54. The van der Waals surface area contributed by atoms with E-state index in [1.165, 1.54) is 12.8 Å². The van der Waals surface area contributed by atoms with Crippen molar-refractivity contribution in [1.82, 2.24) is 25.1 Å². The van der Waals surface area contributed by atoms with Crippen LogP contribution in [0.1, 0.15) is 65.2 Å². The number of H-pyrrole nitrogens is 1. The van der Waals surface area contributed by atoms with Gasteiger partial charge in [-0.15, -0.1) is 0 Å². The summed E-state index contributed by atoms with van der Waals surface area (Å²) in [7, 11) is 0. The Morgan fingerprint density at radius 1 is 1.11 bits per heavy atom. The Labute approximate surface area is 214 Å². The summed E-state index contributed by atoms with van der Waals surface area (Å²) in [6.07, 6.45) is 4.50. The number of carbonyl (C=O) groups excluding carboxylic acids is 2. The van der Waals surface area contributed by atoms with Gasteiger partial charge in [0.1, 0.15) is 5.82 Å². The number of nitrogens with one attached hydrogen (secondary N) is 2. The van der Waals surface area contributed by atoms with Gasteiger partial charge in [-0.05, 0) is 82.1 Å². The van der Waals surface area contributed by atoms with Crippen LogP contribution in [0.3, 0.4) is 0 Å². The van der Waals surface area contributed by atoms with Gasteiger partial charge in [0.25, 0.3) is 11.8 Å². The van der Waals surface area contributed by atoms with Gasteiger partial charge in [0.2, 0.25) is 0 Å². The number of nitrogens with zero attached hydrogens (tertiary/aromatic N) is 3. The minimum atomic E-state index is -0.357. The first kappa shape index (κ1) is 24.1. The van der Waals surface area contributed by atoms with E-state index in [0.717, 1.165) is 50.1 Å². The van der Waals surface area contributed by atoms with Gasteiger partial charge in [-0.1, -0.05) is 23.2 Å². The highest BCUT2D eigenvalue weighted by atomic mass is 35.5. The quantitative estimate of drug-likeness (QED) is 0.482. The summed E-state index contributed by atoms with van der Waals surface area (Å²) in [6.45, 7) is 5.75. The molecule has 5 rings (SSSR count). The average Bonchev–Trinajstić information content (AvgIpc) is 3.59. The summed E-state index contributed by atoms with van der Waals surface area (Å²) in [6, 6.07) is 10.2. The zero-order valence-corrected chi connectivity index (χ0v) is 21.2. The minimum Gasteiger partial charge on any atom is -0.342 e. The topological polar surface area (TPSA) is 81.3 Å². The third kappa shape index (κ3) is 5.17. The number of hydrogen-bond donors (Lipinski definition) is 2. The average molecular weight is 514 g/mol. The van der Waals surface area contributed by atoms with Crippen LogP contribution in [0, 0.1) is 0 Å². The Kier molecular flexibility index (Phi) is 7.00. The lowest BCUT2D eigenvalue weighted by Crippen LogP contribution is -2.42. The van der Waals surface area contributed by atoms with E-state index in [2.05, 4.69) is 20.2 Å². The molecular weight excluding hydrogens is 485 g/mol. The summed E-state index contributed by atoms with van der Waals surface area (Å²) in [5, 5.41) is 3.84. The molecule has 0 aliphatic carbocycles. The van der Waals surface area contributed by atoms with Crippen LogP contribution in [-0.4, -0.2) is 63.8 Å². The van der Waals surface area contributed by atoms with Gasteiger partial charge in [-0.2, -0.15) is 0 Å². The van der Waals surface area contributed by atoms with Crippen molar-refractivity contribution in [3.63, 3.8) is 0 Å². The van der Waals surface area contributed by atoms with Gasteiger partial charge < -0.3 is 20.1 Å². The molecular formula is C26H29Cl2N5O2. The predicted octanol–water partition coefficient (Wildman–Crippen LogP) is 5.06. The van der Waals surface area contributed by atoms with Gasteiger partial charge >= 0.3 is 0 Å². The monoisotopic (exact) mass is 513 g/mol. The second kappa shape index (κ2) is 10.2. The molecule has 2 amide bonds. The fourth-order valence-electron chi connectivity index (χ4n) is 5.09. The number of rotatable bonds is 6. The first-order chi connectivity index (χ1) is 16.9. The molecule has 1 aromatic heterocycles. The number of benzene rings is 2. The molecule has 2 aliphatic rings. The van der Waals surface area contributed by atoms with Crippen molar-refractivity contribution in [2.75, 3.05) is 26.2 Å². The highest BCUT2D eigenvalue weighted by molar-refractivity contribution is 6.34. The van der Waals surface area contributed by atoms with E-state index in [1.54, 1.807) is 30.3 Å². The molecule has 0 bridgehead atoms. The van der Waals surface area contributed by atoms with Gasteiger partial charge in [-0.3, -0.25) is 9.59 Å². The van der Waals surface area contributed by atoms with E-state index in [9.17, 15) is 9.59 Å². The van der Waals surface area contributed by atoms with Crippen molar-refractivity contribution in [3.8, 4) is 0 Å². The highest BCUT2D eigenvalue weighted by Crippen LogP contribution is 2.27. The van der Waals surface area contributed by atoms with Crippen molar-refractivity contribution >= 4 is 46.0 Å². The molecule has 3 heterocycles. The van der Waals surface area contributed by atoms with Crippen LogP contribution in [0.25, 0.3) is 11.0 Å². The molecule has 35 heavy (non-hydrogen) atoms. The number of aromatic amines is 1. The van der Waals surface area contributed by atoms with Crippen LogP contribution >= 0.6 is 23.2 Å². The zero-order valence-electron chi connectivity index (χ0n) is 19.7. The first-order valence-electron chi connectivity index (χ1n) is 12.2. The van der Waals surface area contributed by atoms with Gasteiger partial charge in [-0.25, -0.2) is 4.98 Å². The molecule has 2 atom stereocenters. The summed E-state index contributed by atoms with van der Waals surface area (Å²) in [4.78, 5) is 38.3. The van der Waals surface area contributed by atoms with Crippen LogP contribution in [-0.2, 0) is 0 Å². The number of carbonyl (C=O) groups is 2. The smallest absolute Gasteiger partial charge is 0.255 e. The van der Waals surface area contributed by atoms with Gasteiger partial charge in [0.05, 0.1) is 27.7 Å². The lowest BCUT2D eigenvalue weighted by atomic mass is 10.1. The van der Waals surface area contributed by atoms with E-state index < -0.39 is 0 Å². The number of likely N-dealkylation sites (tertiary alicyclic amines) is 2. The fraction of sp³-hybridized carbons (Fsp3) is 0.423. The number of fused-ring (bicyclic) bond motifs is 1. The lowest BCUT2D eigenvalue weighted by molar-refractivity contribution is 0.0708. The number of imidazole rings is 1. The van der Waals surface area contributed by atoms with Crippen LogP contribution in [0.15, 0.2) is 36.4 Å². The normalized spacial score (nSPS) is 19.4. The van der Waals surface area contributed by atoms with Gasteiger partial charge in [0.15, 0.2) is 0 Å². The van der Waals surface area contributed by atoms with Crippen molar-refractivity contribution in [3.05, 3.63) is 63.4 Å². The predicted molar refractivity (Wildman–Crippen MR) is 138 cm³/mol. The van der Waals surface area contributed by atoms with Crippen molar-refractivity contribution in [1.29, 1.82) is 0 Å². The molecule has 3 aromatic rings. The number of hydrogen-bond acceptors (Lipinski definition) is 4. The lowest BCUT2D eigenvalue weighted by Gasteiger charge is -2.29.